The molecule has 0 spiro atoms. The van der Waals surface area contributed by atoms with E-state index in [4.69, 9.17) is 0 Å². The second kappa shape index (κ2) is 6.31. The fourth-order valence-electron chi connectivity index (χ4n) is 2.98. The van der Waals surface area contributed by atoms with Gasteiger partial charge in [-0.15, -0.1) is 0 Å². The highest BCUT2D eigenvalue weighted by Crippen LogP contribution is 2.28. The Morgan fingerprint density at radius 3 is 2.83 bits per heavy atom. The van der Waals surface area contributed by atoms with Crippen LogP contribution in [-0.2, 0) is 22.7 Å². The Kier molecular flexibility index (Phi) is 4.20. The van der Waals surface area contributed by atoms with Crippen LogP contribution in [0.4, 0.5) is 4.79 Å². The average Bonchev–Trinajstić information content (AvgIpc) is 2.89. The van der Waals surface area contributed by atoms with Crippen molar-refractivity contribution in [3.8, 4) is 0 Å². The standard InChI is InChI=1S/C16H18N4O4/c1-17-16(24)18-7-9-2-3-10-8-20(15(23)11(10)6-9)12-4-5-13(21)19-14(12)22/h2-3,6,12H,4-5,7-8H2,1H3,(H2,17,18,24)(H,19,21,22). The lowest BCUT2D eigenvalue weighted by molar-refractivity contribution is -0.136. The summed E-state index contributed by atoms with van der Waals surface area (Å²) in [6.45, 7) is 0.655. The number of urea groups is 1. The maximum Gasteiger partial charge on any atom is 0.314 e. The van der Waals surface area contributed by atoms with Gasteiger partial charge in [0.2, 0.25) is 11.8 Å². The Morgan fingerprint density at radius 1 is 1.33 bits per heavy atom. The Labute approximate surface area is 138 Å². The van der Waals surface area contributed by atoms with Crippen molar-refractivity contribution in [2.24, 2.45) is 0 Å². The predicted molar refractivity (Wildman–Crippen MR) is 83.8 cm³/mol. The number of carbonyl (C=O) groups excluding carboxylic acids is 4. The minimum Gasteiger partial charge on any atom is -0.341 e. The molecule has 2 aliphatic rings. The Bertz CT molecular complexity index is 731. The van der Waals surface area contributed by atoms with Gasteiger partial charge >= 0.3 is 6.03 Å². The number of nitrogens with zero attached hydrogens (tertiary/aromatic N) is 1. The molecular formula is C16H18N4O4. The molecule has 5 amide bonds. The molecular weight excluding hydrogens is 312 g/mol. The third kappa shape index (κ3) is 2.94. The summed E-state index contributed by atoms with van der Waals surface area (Å²) in [4.78, 5) is 48.6. The molecule has 126 valence electrons. The summed E-state index contributed by atoms with van der Waals surface area (Å²) < 4.78 is 0. The second-order valence-corrected chi connectivity index (χ2v) is 5.82. The molecule has 0 aliphatic carbocycles. The lowest BCUT2D eigenvalue weighted by Crippen LogP contribution is -2.52. The molecule has 1 aromatic rings. The van der Waals surface area contributed by atoms with Crippen LogP contribution in [0, 0.1) is 0 Å². The molecule has 3 rings (SSSR count). The van der Waals surface area contributed by atoms with Crippen molar-refractivity contribution in [3.05, 3.63) is 34.9 Å². The van der Waals surface area contributed by atoms with Gasteiger partial charge in [-0.2, -0.15) is 0 Å². The molecule has 2 heterocycles. The van der Waals surface area contributed by atoms with Crippen LogP contribution in [0.5, 0.6) is 0 Å². The number of hydrogen-bond acceptors (Lipinski definition) is 4. The van der Waals surface area contributed by atoms with Gasteiger partial charge in [-0.1, -0.05) is 12.1 Å². The van der Waals surface area contributed by atoms with Gasteiger partial charge in [0.1, 0.15) is 6.04 Å². The summed E-state index contributed by atoms with van der Waals surface area (Å²) >= 11 is 0. The van der Waals surface area contributed by atoms with E-state index in [1.165, 1.54) is 11.9 Å². The van der Waals surface area contributed by atoms with Crippen molar-refractivity contribution < 1.29 is 19.2 Å². The molecule has 2 aliphatic heterocycles. The van der Waals surface area contributed by atoms with Crippen molar-refractivity contribution in [3.63, 3.8) is 0 Å². The summed E-state index contributed by atoms with van der Waals surface area (Å²) in [7, 11) is 1.53. The lowest BCUT2D eigenvalue weighted by Gasteiger charge is -2.29. The average molecular weight is 330 g/mol. The minimum atomic E-state index is -0.616. The van der Waals surface area contributed by atoms with Gasteiger partial charge < -0.3 is 15.5 Å². The molecule has 8 heteroatoms. The fourth-order valence-corrected chi connectivity index (χ4v) is 2.98. The summed E-state index contributed by atoms with van der Waals surface area (Å²) in [6, 6.07) is 4.50. The molecule has 8 nitrogen and oxygen atoms in total. The van der Waals surface area contributed by atoms with Crippen LogP contribution < -0.4 is 16.0 Å². The van der Waals surface area contributed by atoms with Gasteiger partial charge in [0.25, 0.3) is 5.91 Å². The highest BCUT2D eigenvalue weighted by atomic mass is 16.2. The van der Waals surface area contributed by atoms with Crippen LogP contribution in [0.1, 0.15) is 34.3 Å². The smallest absolute Gasteiger partial charge is 0.314 e. The molecule has 24 heavy (non-hydrogen) atoms. The molecule has 1 fully saturated rings. The largest absolute Gasteiger partial charge is 0.341 e. The third-order valence-electron chi connectivity index (χ3n) is 4.27. The molecule has 0 aromatic heterocycles. The van der Waals surface area contributed by atoms with Crippen LogP contribution in [0.25, 0.3) is 0 Å². The van der Waals surface area contributed by atoms with Crippen molar-refractivity contribution in [2.45, 2.75) is 32.0 Å². The molecule has 1 saturated heterocycles. The summed E-state index contributed by atoms with van der Waals surface area (Å²) in [5.41, 5.74) is 2.18. The van der Waals surface area contributed by atoms with E-state index in [1.807, 2.05) is 12.1 Å². The number of fused-ring (bicyclic) bond motifs is 1. The summed E-state index contributed by atoms with van der Waals surface area (Å²) in [5, 5.41) is 7.40. The minimum absolute atomic E-state index is 0.221. The normalized spacial score (nSPS) is 19.8. The first kappa shape index (κ1) is 16.0. The van der Waals surface area contributed by atoms with E-state index in [1.54, 1.807) is 6.07 Å². The fraction of sp³-hybridized carbons (Fsp3) is 0.375. The zero-order valence-corrected chi connectivity index (χ0v) is 13.2. The Morgan fingerprint density at radius 2 is 2.12 bits per heavy atom. The van der Waals surface area contributed by atoms with Gasteiger partial charge in [-0.25, -0.2) is 4.79 Å². The zero-order chi connectivity index (χ0) is 17.3. The van der Waals surface area contributed by atoms with Crippen molar-refractivity contribution in [1.82, 2.24) is 20.9 Å². The molecule has 1 aromatic carbocycles. The first-order valence-electron chi connectivity index (χ1n) is 7.71. The SMILES string of the molecule is CNC(=O)NCc1ccc2c(c1)C(=O)N(C1CCC(=O)NC1=O)C2. The molecule has 1 atom stereocenters. The number of carbonyl (C=O) groups is 4. The predicted octanol–water partition coefficient (Wildman–Crippen LogP) is -0.123. The molecule has 1 unspecified atom stereocenters. The van der Waals surface area contributed by atoms with E-state index in [0.717, 1.165) is 11.1 Å². The van der Waals surface area contributed by atoms with E-state index < -0.39 is 11.9 Å². The van der Waals surface area contributed by atoms with Crippen LogP contribution in [0.15, 0.2) is 18.2 Å². The number of piperidine rings is 1. The first-order valence-corrected chi connectivity index (χ1v) is 7.71. The van der Waals surface area contributed by atoms with Gasteiger partial charge in [0, 0.05) is 32.1 Å². The molecule has 0 radical (unpaired) electrons. The zero-order valence-electron chi connectivity index (χ0n) is 13.2. The molecule has 0 bridgehead atoms. The number of rotatable bonds is 3. The first-order chi connectivity index (χ1) is 11.5. The number of amides is 5. The van der Waals surface area contributed by atoms with Crippen LogP contribution in [-0.4, -0.2) is 41.7 Å². The maximum absolute atomic E-state index is 12.6. The summed E-state index contributed by atoms with van der Waals surface area (Å²) in [5.74, 6) is -0.946. The summed E-state index contributed by atoms with van der Waals surface area (Å²) in [6.07, 6.45) is 0.577. The molecule has 0 saturated carbocycles. The number of benzene rings is 1. The van der Waals surface area contributed by atoms with Crippen LogP contribution in [0.2, 0.25) is 0 Å². The number of nitrogens with one attached hydrogen (secondary N) is 3. The van der Waals surface area contributed by atoms with E-state index >= 15 is 0 Å². The van der Waals surface area contributed by atoms with Gasteiger partial charge in [-0.3, -0.25) is 19.7 Å². The molecule has 3 N–H and O–H groups in total. The van der Waals surface area contributed by atoms with E-state index in [0.29, 0.717) is 25.1 Å². The van der Waals surface area contributed by atoms with Crippen molar-refractivity contribution in [2.75, 3.05) is 7.05 Å². The maximum atomic E-state index is 12.6. The van der Waals surface area contributed by atoms with Crippen LogP contribution in [0.3, 0.4) is 0 Å². The van der Waals surface area contributed by atoms with Crippen molar-refractivity contribution >= 4 is 23.8 Å². The monoisotopic (exact) mass is 330 g/mol. The Balaban J connectivity index is 1.74. The van der Waals surface area contributed by atoms with E-state index in [2.05, 4.69) is 16.0 Å². The van der Waals surface area contributed by atoms with Gasteiger partial charge in [-0.05, 0) is 23.6 Å². The number of hydrogen-bond donors (Lipinski definition) is 3. The highest BCUT2D eigenvalue weighted by Gasteiger charge is 2.39. The lowest BCUT2D eigenvalue weighted by atomic mass is 10.0. The topological polar surface area (TPSA) is 108 Å². The quantitative estimate of drug-likeness (QED) is 0.671. The van der Waals surface area contributed by atoms with E-state index in [-0.39, 0.29) is 24.3 Å². The van der Waals surface area contributed by atoms with Crippen molar-refractivity contribution in [1.29, 1.82) is 0 Å². The Hall–Kier alpha value is -2.90. The third-order valence-corrected chi connectivity index (χ3v) is 4.27. The van der Waals surface area contributed by atoms with Crippen LogP contribution >= 0.6 is 0 Å². The van der Waals surface area contributed by atoms with E-state index in [9.17, 15) is 19.2 Å². The second-order valence-electron chi connectivity index (χ2n) is 5.82. The number of imide groups is 1. The highest BCUT2D eigenvalue weighted by molar-refractivity contribution is 6.05. The van der Waals surface area contributed by atoms with Gasteiger partial charge in [0.15, 0.2) is 0 Å². The van der Waals surface area contributed by atoms with Gasteiger partial charge in [0.05, 0.1) is 0 Å².